The molecule has 0 aromatic heterocycles. The van der Waals surface area contributed by atoms with Gasteiger partial charge in [-0.15, -0.1) is 0 Å². The second-order valence-corrected chi connectivity index (χ2v) is 9.08. The number of halogens is 8. The van der Waals surface area contributed by atoms with Crippen LogP contribution in [0.1, 0.15) is 24.8 Å². The number of rotatable bonds is 8. The molecule has 31 heavy (non-hydrogen) atoms. The van der Waals surface area contributed by atoms with Crippen molar-refractivity contribution < 1.29 is 43.5 Å². The summed E-state index contributed by atoms with van der Waals surface area (Å²) in [6.07, 6.45) is -5.71. The van der Waals surface area contributed by atoms with Crippen molar-refractivity contribution in [1.29, 1.82) is 0 Å². The van der Waals surface area contributed by atoms with E-state index in [2.05, 4.69) is 0 Å². The Bertz CT molecular complexity index is 860. The van der Waals surface area contributed by atoms with Crippen molar-refractivity contribution in [1.82, 2.24) is 9.62 Å². The Labute approximate surface area is 173 Å². The van der Waals surface area contributed by atoms with Gasteiger partial charge >= 0.3 is 21.7 Å². The van der Waals surface area contributed by atoms with E-state index < -0.39 is 70.9 Å². The molecule has 0 saturated carbocycles. The van der Waals surface area contributed by atoms with Crippen LogP contribution >= 0.6 is 0 Å². The second kappa shape index (κ2) is 9.55. The fraction of sp³-hybridized carbons (Fsp3) is 0.647. The summed E-state index contributed by atoms with van der Waals surface area (Å²) in [6.45, 7) is -0.994. The first kappa shape index (κ1) is 25.7. The number of likely N-dealkylation sites (tertiary alicyclic amines) is 1. The summed E-state index contributed by atoms with van der Waals surface area (Å²) >= 11 is 0. The average Bonchev–Trinajstić information content (AvgIpc) is 3.07. The molecule has 1 saturated heterocycles. The number of alkyl halides is 6. The van der Waals surface area contributed by atoms with E-state index in [9.17, 15) is 43.5 Å². The molecule has 3 N–H and O–H groups in total. The third kappa shape index (κ3) is 6.73. The molecule has 14 heteroatoms. The Kier molecular flexibility index (Phi) is 7.93. The zero-order valence-electron chi connectivity index (χ0n) is 16.0. The van der Waals surface area contributed by atoms with Gasteiger partial charge in [0.05, 0.1) is 0 Å². The smallest absolute Gasteiger partial charge is 0.327 e. The first-order valence-corrected chi connectivity index (χ1v) is 10.7. The number of nitrogens with two attached hydrogens (primary N) is 1. The highest BCUT2D eigenvalue weighted by Gasteiger charge is 2.49. The minimum atomic E-state index is -5.70. The molecular formula is C17H21F8N3O2S. The molecule has 1 aliphatic heterocycles. The number of hydrogen-bond donors (Lipinski definition) is 2. The van der Waals surface area contributed by atoms with Gasteiger partial charge in [-0.2, -0.15) is 26.3 Å². The number of hydrogen-bond acceptors (Lipinski definition) is 4. The van der Waals surface area contributed by atoms with Crippen LogP contribution in [-0.2, 0) is 16.4 Å². The van der Waals surface area contributed by atoms with E-state index in [4.69, 9.17) is 5.73 Å². The van der Waals surface area contributed by atoms with Crippen LogP contribution in [0.15, 0.2) is 18.2 Å². The van der Waals surface area contributed by atoms with Gasteiger partial charge in [-0.25, -0.2) is 21.9 Å². The van der Waals surface area contributed by atoms with Crippen molar-refractivity contribution in [3.05, 3.63) is 35.4 Å². The number of nitrogens with zero attached hydrogens (tertiary/aromatic N) is 1. The van der Waals surface area contributed by atoms with Crippen molar-refractivity contribution >= 4 is 10.0 Å². The molecule has 1 aromatic carbocycles. The van der Waals surface area contributed by atoms with Gasteiger partial charge in [0.1, 0.15) is 17.7 Å². The molecule has 0 radical (unpaired) electrons. The highest BCUT2D eigenvalue weighted by Crippen LogP contribution is 2.34. The number of nitrogens with one attached hydrogen (secondary N) is 1. The van der Waals surface area contributed by atoms with Gasteiger partial charge in [-0.3, -0.25) is 4.90 Å². The monoisotopic (exact) mass is 483 g/mol. The van der Waals surface area contributed by atoms with Gasteiger partial charge in [0.15, 0.2) is 0 Å². The minimum absolute atomic E-state index is 0.0424. The Morgan fingerprint density at radius 2 is 1.81 bits per heavy atom. The van der Waals surface area contributed by atoms with Crippen LogP contribution in [0.4, 0.5) is 35.1 Å². The van der Waals surface area contributed by atoms with Crippen LogP contribution in [0.25, 0.3) is 0 Å². The Morgan fingerprint density at radius 1 is 1.16 bits per heavy atom. The first-order chi connectivity index (χ1) is 14.1. The lowest BCUT2D eigenvalue weighted by molar-refractivity contribution is -0.188. The molecule has 0 spiro atoms. The normalized spacial score (nSPS) is 20.7. The van der Waals surface area contributed by atoms with Crippen LogP contribution in [-0.4, -0.2) is 56.2 Å². The Morgan fingerprint density at radius 3 is 2.39 bits per heavy atom. The Hall–Kier alpha value is -1.51. The summed E-state index contributed by atoms with van der Waals surface area (Å²) < 4.78 is 129. The van der Waals surface area contributed by atoms with Gasteiger partial charge < -0.3 is 5.73 Å². The second-order valence-electron chi connectivity index (χ2n) is 7.32. The van der Waals surface area contributed by atoms with Gasteiger partial charge in [-0.1, -0.05) is 0 Å². The lowest BCUT2D eigenvalue weighted by Gasteiger charge is -2.36. The van der Waals surface area contributed by atoms with Crippen LogP contribution in [0.3, 0.4) is 0 Å². The third-order valence-corrected chi connectivity index (χ3v) is 6.19. The van der Waals surface area contributed by atoms with Crippen molar-refractivity contribution in [3.8, 4) is 0 Å². The summed E-state index contributed by atoms with van der Waals surface area (Å²) in [5.74, 6) is -1.62. The quantitative estimate of drug-likeness (QED) is 0.558. The lowest BCUT2D eigenvalue weighted by Crippen LogP contribution is -2.54. The lowest BCUT2D eigenvalue weighted by atomic mass is 9.98. The molecule has 1 aliphatic rings. The Balaban J connectivity index is 2.13. The van der Waals surface area contributed by atoms with Gasteiger partial charge in [0.25, 0.3) is 0 Å². The number of sulfonamides is 1. The van der Waals surface area contributed by atoms with E-state index >= 15 is 0 Å². The fourth-order valence-electron chi connectivity index (χ4n) is 3.58. The molecule has 1 heterocycles. The molecular weight excluding hydrogens is 462 g/mol. The third-order valence-electron chi connectivity index (χ3n) is 5.03. The summed E-state index contributed by atoms with van der Waals surface area (Å²) in [5, 5.41) is 0. The van der Waals surface area contributed by atoms with Crippen LogP contribution in [0.5, 0.6) is 0 Å². The van der Waals surface area contributed by atoms with Crippen molar-refractivity contribution in [2.24, 2.45) is 5.73 Å². The van der Waals surface area contributed by atoms with E-state index in [1.807, 2.05) is 0 Å². The highest BCUT2D eigenvalue weighted by atomic mass is 32.2. The molecule has 0 aliphatic carbocycles. The van der Waals surface area contributed by atoms with Crippen molar-refractivity contribution in [2.45, 2.75) is 55.5 Å². The van der Waals surface area contributed by atoms with Crippen LogP contribution in [0, 0.1) is 11.6 Å². The van der Waals surface area contributed by atoms with Gasteiger partial charge in [0, 0.05) is 18.6 Å². The van der Waals surface area contributed by atoms with Crippen molar-refractivity contribution in [2.75, 3.05) is 13.1 Å². The summed E-state index contributed by atoms with van der Waals surface area (Å²) in [6, 6.07) is -2.08. The fourth-order valence-corrected chi connectivity index (χ4v) is 4.16. The van der Waals surface area contributed by atoms with E-state index in [1.54, 1.807) is 0 Å². The molecule has 2 rings (SSSR count). The van der Waals surface area contributed by atoms with E-state index in [-0.39, 0.29) is 24.9 Å². The molecule has 3 atom stereocenters. The topological polar surface area (TPSA) is 75.4 Å². The predicted octanol–water partition coefficient (Wildman–Crippen LogP) is 3.06. The molecule has 2 unspecified atom stereocenters. The highest BCUT2D eigenvalue weighted by molar-refractivity contribution is 7.90. The SMILES string of the molecule is N[C@H](Cc1cc(F)ccc1F)CC(N1CCCC1CNS(=O)(=O)C(F)(F)F)C(F)(F)F. The summed E-state index contributed by atoms with van der Waals surface area (Å²) in [4.78, 5) is 0.862. The van der Waals surface area contributed by atoms with Gasteiger partial charge in [-0.05, 0) is 56.0 Å². The average molecular weight is 483 g/mol. The largest absolute Gasteiger partial charge is 0.511 e. The summed E-state index contributed by atoms with van der Waals surface area (Å²) in [7, 11) is -5.70. The molecule has 0 bridgehead atoms. The predicted molar refractivity (Wildman–Crippen MR) is 95.2 cm³/mol. The maximum Gasteiger partial charge on any atom is 0.511 e. The van der Waals surface area contributed by atoms with E-state index in [0.29, 0.717) is 0 Å². The number of benzene rings is 1. The minimum Gasteiger partial charge on any atom is -0.327 e. The van der Waals surface area contributed by atoms with Crippen LogP contribution in [0.2, 0.25) is 0 Å². The van der Waals surface area contributed by atoms with Crippen molar-refractivity contribution in [3.63, 3.8) is 0 Å². The first-order valence-electron chi connectivity index (χ1n) is 9.19. The summed E-state index contributed by atoms with van der Waals surface area (Å²) in [5.41, 5.74) is -0.0308. The standard InChI is InChI=1S/C17H21F8N3O2S/c18-11-3-4-14(19)10(6-11)7-12(26)8-15(16(20,21)22)28-5-1-2-13(28)9-27-31(29,30)17(23,24)25/h3-4,6,12-13,15,27H,1-2,5,7-9,26H2/t12-,13?,15?/m1/s1. The maximum atomic E-state index is 13.8. The zero-order valence-corrected chi connectivity index (χ0v) is 16.8. The molecule has 1 fully saturated rings. The maximum absolute atomic E-state index is 13.8. The zero-order chi connectivity index (χ0) is 23.6. The molecule has 178 valence electrons. The molecule has 5 nitrogen and oxygen atoms in total. The van der Waals surface area contributed by atoms with E-state index in [1.165, 1.54) is 4.72 Å². The van der Waals surface area contributed by atoms with Gasteiger partial charge in [0.2, 0.25) is 0 Å². The molecule has 0 amide bonds. The van der Waals surface area contributed by atoms with Crippen LogP contribution < -0.4 is 10.5 Å². The molecule has 1 aromatic rings. The van der Waals surface area contributed by atoms with E-state index in [0.717, 1.165) is 23.1 Å².